The Labute approximate surface area is 123 Å². The lowest BCUT2D eigenvalue weighted by Crippen LogP contribution is -2.14. The van der Waals surface area contributed by atoms with E-state index in [2.05, 4.69) is 0 Å². The zero-order valence-corrected chi connectivity index (χ0v) is 12.1. The molecular formula is C16H18N2O3. The van der Waals surface area contributed by atoms with Gasteiger partial charge in [0.15, 0.2) is 0 Å². The van der Waals surface area contributed by atoms with Gasteiger partial charge in [0.05, 0.1) is 6.61 Å². The highest BCUT2D eigenvalue weighted by Crippen LogP contribution is 2.15. The highest BCUT2D eigenvalue weighted by molar-refractivity contribution is 5.93. The van der Waals surface area contributed by atoms with Crippen molar-refractivity contribution in [2.45, 2.75) is 20.4 Å². The van der Waals surface area contributed by atoms with Crippen LogP contribution in [0.15, 0.2) is 36.5 Å². The van der Waals surface area contributed by atoms with Crippen molar-refractivity contribution >= 4 is 11.9 Å². The monoisotopic (exact) mass is 286 g/mol. The molecule has 1 heterocycles. The second-order valence-electron chi connectivity index (χ2n) is 4.76. The Morgan fingerprint density at radius 2 is 2.05 bits per heavy atom. The van der Waals surface area contributed by atoms with E-state index in [0.717, 1.165) is 11.1 Å². The molecule has 21 heavy (non-hydrogen) atoms. The molecule has 1 aromatic heterocycles. The predicted octanol–water partition coefficient (Wildman–Crippen LogP) is 2.12. The lowest BCUT2D eigenvalue weighted by atomic mass is 10.1. The number of aryl methyl sites for hydroxylation is 1. The second-order valence-corrected chi connectivity index (χ2v) is 4.76. The molecule has 5 heteroatoms. The summed E-state index contributed by atoms with van der Waals surface area (Å²) in [6, 6.07) is 8.92. The lowest BCUT2D eigenvalue weighted by Gasteiger charge is -2.10. The van der Waals surface area contributed by atoms with E-state index in [-0.39, 0.29) is 5.97 Å². The molecule has 2 aromatic rings. The highest BCUT2D eigenvalue weighted by atomic mass is 16.5. The van der Waals surface area contributed by atoms with Crippen LogP contribution in [-0.4, -0.2) is 23.1 Å². The van der Waals surface area contributed by atoms with Crippen molar-refractivity contribution < 1.29 is 14.3 Å². The van der Waals surface area contributed by atoms with Gasteiger partial charge >= 0.3 is 5.97 Å². The smallest absolute Gasteiger partial charge is 0.355 e. The maximum Gasteiger partial charge on any atom is 0.355 e. The average molecular weight is 286 g/mol. The molecule has 0 radical (unpaired) electrons. The largest absolute Gasteiger partial charge is 0.461 e. The van der Waals surface area contributed by atoms with Crippen molar-refractivity contribution in [3.63, 3.8) is 0 Å². The third-order valence-corrected chi connectivity index (χ3v) is 3.20. The van der Waals surface area contributed by atoms with E-state index >= 15 is 0 Å². The molecule has 0 bridgehead atoms. The maximum absolute atomic E-state index is 12.0. The molecule has 0 aliphatic heterocycles. The molecule has 2 N–H and O–H groups in total. The van der Waals surface area contributed by atoms with Crippen molar-refractivity contribution in [2.75, 3.05) is 6.61 Å². The minimum absolute atomic E-state index is 0.334. The van der Waals surface area contributed by atoms with Gasteiger partial charge in [-0.3, -0.25) is 4.79 Å². The SMILES string of the molecule is CCOC(=O)c1c(C)ccn1Cc1cccc(C(N)=O)c1. The minimum Gasteiger partial charge on any atom is -0.461 e. The summed E-state index contributed by atoms with van der Waals surface area (Å²) in [7, 11) is 0. The van der Waals surface area contributed by atoms with Gasteiger partial charge in [-0.1, -0.05) is 12.1 Å². The van der Waals surface area contributed by atoms with Gasteiger partial charge in [0.25, 0.3) is 0 Å². The van der Waals surface area contributed by atoms with Crippen LogP contribution in [-0.2, 0) is 11.3 Å². The number of carbonyl (C=O) groups excluding carboxylic acids is 2. The Morgan fingerprint density at radius 3 is 2.71 bits per heavy atom. The third kappa shape index (κ3) is 3.31. The van der Waals surface area contributed by atoms with Crippen LogP contribution in [0.5, 0.6) is 0 Å². The Bertz CT molecular complexity index is 674. The van der Waals surface area contributed by atoms with E-state index in [1.807, 2.05) is 29.8 Å². The average Bonchev–Trinajstić information content (AvgIpc) is 2.80. The number of carbonyl (C=O) groups is 2. The first-order valence-electron chi connectivity index (χ1n) is 6.74. The molecule has 0 aliphatic rings. The summed E-state index contributed by atoms with van der Waals surface area (Å²) in [4.78, 5) is 23.2. The molecule has 1 amide bonds. The number of rotatable bonds is 5. The number of aromatic nitrogens is 1. The summed E-state index contributed by atoms with van der Waals surface area (Å²) in [6.45, 7) is 4.45. The number of ether oxygens (including phenoxy) is 1. The molecule has 0 aliphatic carbocycles. The molecule has 0 unspecified atom stereocenters. The van der Waals surface area contributed by atoms with Crippen molar-refractivity contribution in [1.29, 1.82) is 0 Å². The van der Waals surface area contributed by atoms with Crippen LogP contribution in [0.25, 0.3) is 0 Å². The molecular weight excluding hydrogens is 268 g/mol. The standard InChI is InChI=1S/C16H18N2O3/c1-3-21-16(20)14-11(2)7-8-18(14)10-12-5-4-6-13(9-12)15(17)19/h4-9H,3,10H2,1-2H3,(H2,17,19). The number of nitrogens with zero attached hydrogens (tertiary/aromatic N) is 1. The number of nitrogens with two attached hydrogens (primary N) is 1. The molecule has 0 spiro atoms. The number of primary amides is 1. The fraction of sp³-hybridized carbons (Fsp3) is 0.250. The van der Waals surface area contributed by atoms with Gasteiger partial charge in [0.1, 0.15) is 5.69 Å². The Kier molecular flexibility index (Phi) is 4.42. The van der Waals surface area contributed by atoms with Gasteiger partial charge in [-0.2, -0.15) is 0 Å². The van der Waals surface area contributed by atoms with E-state index in [0.29, 0.717) is 24.4 Å². The second kappa shape index (κ2) is 6.26. The number of benzene rings is 1. The van der Waals surface area contributed by atoms with Crippen molar-refractivity contribution in [3.8, 4) is 0 Å². The molecule has 2 rings (SSSR count). The van der Waals surface area contributed by atoms with Gasteiger partial charge < -0.3 is 15.0 Å². The zero-order chi connectivity index (χ0) is 15.4. The molecule has 0 saturated heterocycles. The number of hydrogen-bond acceptors (Lipinski definition) is 3. The molecule has 1 aromatic carbocycles. The quantitative estimate of drug-likeness (QED) is 0.855. The first-order valence-corrected chi connectivity index (χ1v) is 6.74. The summed E-state index contributed by atoms with van der Waals surface area (Å²) < 4.78 is 6.89. The Balaban J connectivity index is 2.30. The molecule has 0 saturated carbocycles. The van der Waals surface area contributed by atoms with Crippen molar-refractivity contribution in [2.24, 2.45) is 5.73 Å². The van der Waals surface area contributed by atoms with Crippen molar-refractivity contribution in [3.05, 3.63) is 58.9 Å². The summed E-state index contributed by atoms with van der Waals surface area (Å²) in [6.07, 6.45) is 1.83. The lowest BCUT2D eigenvalue weighted by molar-refractivity contribution is 0.0513. The molecule has 5 nitrogen and oxygen atoms in total. The van der Waals surface area contributed by atoms with Gasteiger partial charge in [-0.05, 0) is 43.2 Å². The van der Waals surface area contributed by atoms with Gasteiger partial charge in [-0.25, -0.2) is 4.79 Å². The zero-order valence-electron chi connectivity index (χ0n) is 12.1. The molecule has 110 valence electrons. The predicted molar refractivity (Wildman–Crippen MR) is 79.2 cm³/mol. The summed E-state index contributed by atoms with van der Waals surface area (Å²) in [5.74, 6) is -0.808. The van der Waals surface area contributed by atoms with Crippen LogP contribution in [0.1, 0.15) is 38.9 Å². The third-order valence-electron chi connectivity index (χ3n) is 3.20. The first kappa shape index (κ1) is 14.8. The minimum atomic E-state index is -0.467. The van der Waals surface area contributed by atoms with Gasteiger partial charge in [0.2, 0.25) is 5.91 Å². The maximum atomic E-state index is 12.0. The van der Waals surface area contributed by atoms with Crippen LogP contribution >= 0.6 is 0 Å². The fourth-order valence-electron chi connectivity index (χ4n) is 2.21. The Hall–Kier alpha value is -2.56. The normalized spacial score (nSPS) is 10.4. The van der Waals surface area contributed by atoms with Crippen LogP contribution in [0, 0.1) is 6.92 Å². The van der Waals surface area contributed by atoms with E-state index < -0.39 is 5.91 Å². The van der Waals surface area contributed by atoms with Crippen LogP contribution < -0.4 is 5.73 Å². The first-order chi connectivity index (χ1) is 10.0. The van der Waals surface area contributed by atoms with Crippen LogP contribution in [0.4, 0.5) is 0 Å². The van der Waals surface area contributed by atoms with Crippen LogP contribution in [0.3, 0.4) is 0 Å². The van der Waals surface area contributed by atoms with Crippen molar-refractivity contribution in [1.82, 2.24) is 4.57 Å². The van der Waals surface area contributed by atoms with E-state index in [4.69, 9.17) is 10.5 Å². The highest BCUT2D eigenvalue weighted by Gasteiger charge is 2.16. The molecule has 0 fully saturated rings. The van der Waals surface area contributed by atoms with E-state index in [1.54, 1.807) is 25.1 Å². The van der Waals surface area contributed by atoms with Crippen LogP contribution in [0.2, 0.25) is 0 Å². The topological polar surface area (TPSA) is 74.3 Å². The summed E-state index contributed by atoms with van der Waals surface area (Å²) in [5, 5.41) is 0. The van der Waals surface area contributed by atoms with E-state index in [1.165, 1.54) is 0 Å². The summed E-state index contributed by atoms with van der Waals surface area (Å²) >= 11 is 0. The number of esters is 1. The van der Waals surface area contributed by atoms with Gasteiger partial charge in [-0.15, -0.1) is 0 Å². The Morgan fingerprint density at radius 1 is 1.29 bits per heavy atom. The molecule has 0 atom stereocenters. The van der Waals surface area contributed by atoms with E-state index in [9.17, 15) is 9.59 Å². The number of amides is 1. The fourth-order valence-corrected chi connectivity index (χ4v) is 2.21. The number of hydrogen-bond donors (Lipinski definition) is 1. The van der Waals surface area contributed by atoms with Gasteiger partial charge in [0, 0.05) is 18.3 Å². The summed E-state index contributed by atoms with van der Waals surface area (Å²) in [5.41, 5.74) is 8.02.